The fourth-order valence-corrected chi connectivity index (χ4v) is 3.76. The highest BCUT2D eigenvalue weighted by molar-refractivity contribution is 8.76. The maximum Gasteiger partial charge on any atom is 0.132 e. The monoisotopic (exact) mass is 248 g/mol. The van der Waals surface area contributed by atoms with Crippen molar-refractivity contribution in [1.82, 2.24) is 0 Å². The fraction of sp³-hybridized carbons (Fsp3) is 0.917. The third kappa shape index (κ3) is 10.6. The van der Waals surface area contributed by atoms with Crippen LogP contribution >= 0.6 is 21.6 Å². The van der Waals surface area contributed by atoms with E-state index in [-0.39, 0.29) is 0 Å². The molecule has 0 radical (unpaired) electrons. The summed E-state index contributed by atoms with van der Waals surface area (Å²) in [4.78, 5) is 11.1. The largest absolute Gasteiger partial charge is 0.300 e. The molecule has 0 saturated carbocycles. The number of carbonyl (C=O) groups is 1. The molecule has 1 nitrogen and oxygen atoms in total. The lowest BCUT2D eigenvalue weighted by Gasteiger charge is -2.09. The Balaban J connectivity index is 3.23. The van der Waals surface area contributed by atoms with E-state index in [4.69, 9.17) is 0 Å². The second kappa shape index (κ2) is 10.9. The first-order valence-corrected chi connectivity index (χ1v) is 8.38. The van der Waals surface area contributed by atoms with Crippen LogP contribution in [0, 0.1) is 0 Å². The van der Waals surface area contributed by atoms with Gasteiger partial charge in [-0.05, 0) is 19.3 Å². The van der Waals surface area contributed by atoms with Crippen molar-refractivity contribution in [3.05, 3.63) is 0 Å². The van der Waals surface area contributed by atoms with Gasteiger partial charge in [-0.25, -0.2) is 0 Å². The lowest BCUT2D eigenvalue weighted by atomic mass is 10.1. The Morgan fingerprint density at radius 3 is 2.60 bits per heavy atom. The molecule has 0 rings (SSSR count). The lowest BCUT2D eigenvalue weighted by molar-refractivity contribution is -0.118. The Labute approximate surface area is 103 Å². The molecule has 0 aromatic carbocycles. The summed E-state index contributed by atoms with van der Waals surface area (Å²) in [7, 11) is 3.98. The fourth-order valence-electron chi connectivity index (χ4n) is 1.23. The highest BCUT2D eigenvalue weighted by Crippen LogP contribution is 2.29. The van der Waals surface area contributed by atoms with E-state index in [9.17, 15) is 4.79 Å². The summed E-state index contributed by atoms with van der Waals surface area (Å²) in [5.74, 6) is 1.67. The Kier molecular flexibility index (Phi) is 11.1. The number of carbonyl (C=O) groups excluding carboxylic acids is 1. The first-order chi connectivity index (χ1) is 7.20. The predicted octanol–water partition coefficient (Wildman–Crippen LogP) is 4.71. The summed E-state index contributed by atoms with van der Waals surface area (Å²) in [6, 6.07) is 0. The summed E-state index contributed by atoms with van der Waals surface area (Å²) >= 11 is 0. The average molecular weight is 248 g/mol. The molecule has 0 saturated heterocycles. The molecule has 0 aliphatic heterocycles. The predicted molar refractivity (Wildman–Crippen MR) is 73.6 cm³/mol. The Bertz CT molecular complexity index is 160. The molecule has 0 N–H and O–H groups in total. The van der Waals surface area contributed by atoms with Crippen molar-refractivity contribution in [3.8, 4) is 0 Å². The van der Waals surface area contributed by atoms with E-state index < -0.39 is 0 Å². The second-order valence-electron chi connectivity index (χ2n) is 3.87. The summed E-state index contributed by atoms with van der Waals surface area (Å²) < 4.78 is 0. The van der Waals surface area contributed by atoms with Gasteiger partial charge >= 0.3 is 0 Å². The van der Waals surface area contributed by atoms with Crippen LogP contribution in [-0.2, 0) is 4.79 Å². The van der Waals surface area contributed by atoms with Crippen LogP contribution in [-0.4, -0.2) is 16.8 Å². The van der Waals surface area contributed by atoms with Crippen LogP contribution in [0.1, 0.15) is 59.3 Å². The SMILES string of the molecule is CCCSSC(C)CCCCC(=O)CC. The van der Waals surface area contributed by atoms with Crippen molar-refractivity contribution < 1.29 is 4.79 Å². The molecule has 1 unspecified atom stereocenters. The van der Waals surface area contributed by atoms with E-state index >= 15 is 0 Å². The second-order valence-corrected chi connectivity index (χ2v) is 6.79. The molecule has 15 heavy (non-hydrogen) atoms. The van der Waals surface area contributed by atoms with Crippen molar-refractivity contribution in [1.29, 1.82) is 0 Å². The zero-order valence-corrected chi connectivity index (χ0v) is 11.9. The summed E-state index contributed by atoms with van der Waals surface area (Å²) in [6.07, 6.45) is 6.28. The van der Waals surface area contributed by atoms with Crippen LogP contribution < -0.4 is 0 Å². The molecular formula is C12H24OS2. The van der Waals surface area contributed by atoms with E-state index in [0.29, 0.717) is 12.2 Å². The van der Waals surface area contributed by atoms with Crippen molar-refractivity contribution in [2.75, 3.05) is 5.75 Å². The standard InChI is InChI=1S/C12H24OS2/c1-4-10-14-15-11(3)8-6-7-9-12(13)5-2/h11H,4-10H2,1-3H3. The molecule has 0 heterocycles. The van der Waals surface area contributed by atoms with Crippen molar-refractivity contribution in [3.63, 3.8) is 0 Å². The molecule has 0 aromatic rings. The minimum Gasteiger partial charge on any atom is -0.300 e. The number of hydrogen-bond acceptors (Lipinski definition) is 3. The first kappa shape index (κ1) is 15.4. The van der Waals surface area contributed by atoms with Gasteiger partial charge in [-0.3, -0.25) is 4.79 Å². The Morgan fingerprint density at radius 1 is 1.27 bits per heavy atom. The third-order valence-corrected chi connectivity index (χ3v) is 5.40. The first-order valence-electron chi connectivity index (χ1n) is 6.00. The van der Waals surface area contributed by atoms with E-state index in [2.05, 4.69) is 13.8 Å². The number of hydrogen-bond donors (Lipinski definition) is 0. The molecule has 0 bridgehead atoms. The van der Waals surface area contributed by atoms with E-state index in [1.54, 1.807) is 0 Å². The topological polar surface area (TPSA) is 17.1 Å². The third-order valence-electron chi connectivity index (χ3n) is 2.23. The van der Waals surface area contributed by atoms with E-state index in [0.717, 1.165) is 18.1 Å². The van der Waals surface area contributed by atoms with Gasteiger partial charge in [-0.1, -0.05) is 48.8 Å². The maximum absolute atomic E-state index is 11.1. The van der Waals surface area contributed by atoms with Gasteiger partial charge in [0.1, 0.15) is 5.78 Å². The minimum atomic E-state index is 0.413. The van der Waals surface area contributed by atoms with Gasteiger partial charge in [-0.2, -0.15) is 0 Å². The van der Waals surface area contributed by atoms with Gasteiger partial charge in [0, 0.05) is 23.8 Å². The summed E-state index contributed by atoms with van der Waals surface area (Å²) in [5.41, 5.74) is 0. The Hall–Kier alpha value is 0.370. The minimum absolute atomic E-state index is 0.413. The van der Waals surface area contributed by atoms with Gasteiger partial charge in [0.15, 0.2) is 0 Å². The van der Waals surface area contributed by atoms with Crippen LogP contribution in [0.2, 0.25) is 0 Å². The molecular weight excluding hydrogens is 224 g/mol. The van der Waals surface area contributed by atoms with E-state index in [1.165, 1.54) is 25.0 Å². The average Bonchev–Trinajstić information content (AvgIpc) is 2.24. The molecule has 0 amide bonds. The molecule has 1 atom stereocenters. The molecule has 0 aliphatic rings. The molecule has 90 valence electrons. The van der Waals surface area contributed by atoms with Gasteiger partial charge in [0.2, 0.25) is 0 Å². The van der Waals surface area contributed by atoms with Gasteiger partial charge in [0.05, 0.1) is 0 Å². The summed E-state index contributed by atoms with van der Waals surface area (Å²) in [6.45, 7) is 6.45. The number of Topliss-reactive ketones (excluding diaryl/α,β-unsaturated/α-hetero) is 1. The van der Waals surface area contributed by atoms with Crippen LogP contribution in [0.5, 0.6) is 0 Å². The number of rotatable bonds is 10. The van der Waals surface area contributed by atoms with Crippen molar-refractivity contribution in [2.24, 2.45) is 0 Å². The highest BCUT2D eigenvalue weighted by Gasteiger charge is 2.03. The van der Waals surface area contributed by atoms with Crippen LogP contribution in [0.25, 0.3) is 0 Å². The van der Waals surface area contributed by atoms with Gasteiger partial charge in [-0.15, -0.1) is 0 Å². The van der Waals surface area contributed by atoms with Crippen molar-refractivity contribution >= 4 is 27.4 Å². The van der Waals surface area contributed by atoms with Crippen LogP contribution in [0.15, 0.2) is 0 Å². The number of unbranched alkanes of at least 4 members (excludes halogenated alkanes) is 1. The zero-order chi connectivity index (χ0) is 11.5. The molecule has 0 aliphatic carbocycles. The zero-order valence-electron chi connectivity index (χ0n) is 10.3. The molecule has 3 heteroatoms. The summed E-state index contributed by atoms with van der Waals surface area (Å²) in [5, 5.41) is 0.735. The number of ketones is 1. The van der Waals surface area contributed by atoms with Gasteiger partial charge in [0.25, 0.3) is 0 Å². The van der Waals surface area contributed by atoms with E-state index in [1.807, 2.05) is 28.5 Å². The molecule has 0 aromatic heterocycles. The molecule has 0 fully saturated rings. The van der Waals surface area contributed by atoms with Crippen LogP contribution in [0.4, 0.5) is 0 Å². The smallest absolute Gasteiger partial charge is 0.132 e. The molecule has 0 spiro atoms. The highest BCUT2D eigenvalue weighted by atomic mass is 33.1. The maximum atomic E-state index is 11.1. The van der Waals surface area contributed by atoms with Crippen molar-refractivity contribution in [2.45, 2.75) is 64.5 Å². The quantitative estimate of drug-likeness (QED) is 0.412. The Morgan fingerprint density at radius 2 is 2.00 bits per heavy atom. The van der Waals surface area contributed by atoms with Crippen LogP contribution in [0.3, 0.4) is 0 Å². The van der Waals surface area contributed by atoms with Gasteiger partial charge < -0.3 is 0 Å². The lowest BCUT2D eigenvalue weighted by Crippen LogP contribution is -1.97. The normalized spacial score (nSPS) is 12.7.